The summed E-state index contributed by atoms with van der Waals surface area (Å²) in [6.45, 7) is 0.388. The first-order valence-corrected chi connectivity index (χ1v) is 5.04. The van der Waals surface area contributed by atoms with Crippen molar-refractivity contribution in [3.8, 4) is 5.75 Å². The van der Waals surface area contributed by atoms with Crippen LogP contribution in [0.3, 0.4) is 0 Å². The molecule has 1 N–H and O–H groups in total. The van der Waals surface area contributed by atoms with Crippen LogP contribution in [0, 0.1) is 0 Å². The van der Waals surface area contributed by atoms with Gasteiger partial charge in [-0.25, -0.2) is 0 Å². The van der Waals surface area contributed by atoms with Gasteiger partial charge in [0.05, 0.1) is 11.8 Å². The van der Waals surface area contributed by atoms with Crippen molar-refractivity contribution < 1.29 is 9.84 Å². The minimum absolute atomic E-state index is 0.388. The van der Waals surface area contributed by atoms with E-state index in [9.17, 15) is 5.11 Å². The van der Waals surface area contributed by atoms with Crippen molar-refractivity contribution in [1.82, 2.24) is 4.98 Å². The van der Waals surface area contributed by atoms with Crippen LogP contribution in [-0.4, -0.2) is 22.3 Å². The van der Waals surface area contributed by atoms with E-state index in [1.807, 2.05) is 12.1 Å². The molecule has 1 aromatic heterocycles. The van der Waals surface area contributed by atoms with Crippen molar-refractivity contribution in [3.63, 3.8) is 0 Å². The third kappa shape index (κ3) is 2.23. The summed E-state index contributed by atoms with van der Waals surface area (Å²) >= 11 is 0. The first kappa shape index (κ1) is 9.46. The Morgan fingerprint density at radius 1 is 1.43 bits per heavy atom. The van der Waals surface area contributed by atoms with Crippen molar-refractivity contribution in [1.29, 1.82) is 0 Å². The Hall–Kier alpha value is -1.09. The average Bonchev–Trinajstić information content (AvgIpc) is 2.65. The molecule has 0 radical (unpaired) electrons. The maximum atomic E-state index is 10.0. The molecular weight excluding hydrogens is 178 g/mol. The first-order valence-electron chi connectivity index (χ1n) is 5.04. The number of aliphatic hydroxyl groups is 1. The first-order chi connectivity index (χ1) is 6.79. The summed E-state index contributed by atoms with van der Waals surface area (Å²) in [4.78, 5) is 3.95. The Labute approximate surface area is 83.7 Å². The van der Waals surface area contributed by atoms with Crippen LogP contribution in [0.1, 0.15) is 25.7 Å². The molecule has 0 atom stereocenters. The molecule has 3 nitrogen and oxygen atoms in total. The molecule has 1 fully saturated rings. The molecular formula is C11H15NO2. The minimum atomic E-state index is -0.601. The molecule has 0 spiro atoms. The van der Waals surface area contributed by atoms with Gasteiger partial charge >= 0.3 is 0 Å². The summed E-state index contributed by atoms with van der Waals surface area (Å²) < 4.78 is 5.48. The van der Waals surface area contributed by atoms with E-state index in [1.54, 1.807) is 12.4 Å². The largest absolute Gasteiger partial charge is 0.489 e. The smallest absolute Gasteiger partial charge is 0.137 e. The summed E-state index contributed by atoms with van der Waals surface area (Å²) in [7, 11) is 0. The van der Waals surface area contributed by atoms with E-state index in [4.69, 9.17) is 4.74 Å². The van der Waals surface area contributed by atoms with Gasteiger partial charge in [-0.15, -0.1) is 0 Å². The minimum Gasteiger partial charge on any atom is -0.489 e. The van der Waals surface area contributed by atoms with Crippen molar-refractivity contribution in [2.75, 3.05) is 6.61 Å². The van der Waals surface area contributed by atoms with Gasteiger partial charge in [0.15, 0.2) is 0 Å². The molecule has 0 aliphatic heterocycles. The summed E-state index contributed by atoms with van der Waals surface area (Å²) in [5.41, 5.74) is -0.601. The fourth-order valence-corrected chi connectivity index (χ4v) is 1.83. The van der Waals surface area contributed by atoms with Gasteiger partial charge in [0.2, 0.25) is 0 Å². The number of hydrogen-bond acceptors (Lipinski definition) is 3. The second-order valence-corrected chi connectivity index (χ2v) is 3.91. The lowest BCUT2D eigenvalue weighted by atomic mass is 10.0. The predicted molar refractivity (Wildman–Crippen MR) is 53.1 cm³/mol. The molecule has 1 heterocycles. The molecule has 76 valence electrons. The molecule has 3 heteroatoms. The van der Waals surface area contributed by atoms with Crippen LogP contribution in [0.2, 0.25) is 0 Å². The van der Waals surface area contributed by atoms with E-state index in [-0.39, 0.29) is 0 Å². The van der Waals surface area contributed by atoms with E-state index < -0.39 is 5.60 Å². The van der Waals surface area contributed by atoms with Crippen molar-refractivity contribution in [2.24, 2.45) is 0 Å². The molecule has 0 amide bonds. The zero-order valence-electron chi connectivity index (χ0n) is 8.15. The maximum absolute atomic E-state index is 10.0. The standard InChI is InChI=1S/C11H15NO2/c13-11(5-1-2-6-11)9-14-10-4-3-7-12-8-10/h3-4,7-8,13H,1-2,5-6,9H2. The fraction of sp³-hybridized carbons (Fsp3) is 0.545. The van der Waals surface area contributed by atoms with E-state index in [0.29, 0.717) is 6.61 Å². The van der Waals surface area contributed by atoms with Crippen molar-refractivity contribution >= 4 is 0 Å². The number of hydrogen-bond donors (Lipinski definition) is 1. The lowest BCUT2D eigenvalue weighted by molar-refractivity contribution is 0.00131. The Balaban J connectivity index is 1.88. The van der Waals surface area contributed by atoms with Crippen LogP contribution in [0.15, 0.2) is 24.5 Å². The fourth-order valence-electron chi connectivity index (χ4n) is 1.83. The Kier molecular flexibility index (Phi) is 2.68. The van der Waals surface area contributed by atoms with Gasteiger partial charge in [-0.3, -0.25) is 4.98 Å². The van der Waals surface area contributed by atoms with Gasteiger partial charge in [0, 0.05) is 6.20 Å². The Bertz CT molecular complexity index is 281. The van der Waals surface area contributed by atoms with Gasteiger partial charge in [-0.2, -0.15) is 0 Å². The molecule has 0 bridgehead atoms. The molecule has 2 rings (SSSR count). The van der Waals surface area contributed by atoms with Crippen LogP contribution >= 0.6 is 0 Å². The number of nitrogens with zero attached hydrogens (tertiary/aromatic N) is 1. The topological polar surface area (TPSA) is 42.4 Å². The van der Waals surface area contributed by atoms with Crippen molar-refractivity contribution in [3.05, 3.63) is 24.5 Å². The van der Waals surface area contributed by atoms with E-state index in [2.05, 4.69) is 4.98 Å². The predicted octanol–water partition coefficient (Wildman–Crippen LogP) is 1.77. The lowest BCUT2D eigenvalue weighted by Gasteiger charge is -2.21. The normalized spacial score (nSPS) is 19.5. The van der Waals surface area contributed by atoms with E-state index in [1.165, 1.54) is 0 Å². The summed E-state index contributed by atoms with van der Waals surface area (Å²) in [6, 6.07) is 3.68. The third-order valence-electron chi connectivity index (χ3n) is 2.68. The highest BCUT2D eigenvalue weighted by molar-refractivity contribution is 5.15. The highest BCUT2D eigenvalue weighted by Crippen LogP contribution is 2.29. The SMILES string of the molecule is OC1(COc2cccnc2)CCCC1. The molecule has 0 aromatic carbocycles. The van der Waals surface area contributed by atoms with Crippen molar-refractivity contribution in [2.45, 2.75) is 31.3 Å². The highest BCUT2D eigenvalue weighted by atomic mass is 16.5. The van der Waals surface area contributed by atoms with Gasteiger partial charge < -0.3 is 9.84 Å². The second-order valence-electron chi connectivity index (χ2n) is 3.91. The molecule has 0 unspecified atom stereocenters. The van der Waals surface area contributed by atoms with Gasteiger partial charge in [0.1, 0.15) is 12.4 Å². The highest BCUT2D eigenvalue weighted by Gasteiger charge is 2.31. The van der Waals surface area contributed by atoms with Gasteiger partial charge in [0.25, 0.3) is 0 Å². The monoisotopic (exact) mass is 193 g/mol. The molecule has 1 aliphatic rings. The van der Waals surface area contributed by atoms with Crippen LogP contribution < -0.4 is 4.74 Å². The zero-order valence-corrected chi connectivity index (χ0v) is 8.15. The Morgan fingerprint density at radius 3 is 2.86 bits per heavy atom. The number of pyridine rings is 1. The van der Waals surface area contributed by atoms with Crippen LogP contribution in [0.25, 0.3) is 0 Å². The molecule has 14 heavy (non-hydrogen) atoms. The molecule has 1 aromatic rings. The second kappa shape index (κ2) is 3.96. The number of ether oxygens (including phenoxy) is 1. The third-order valence-corrected chi connectivity index (χ3v) is 2.68. The number of aromatic nitrogens is 1. The zero-order chi connectivity index (χ0) is 9.86. The van der Waals surface area contributed by atoms with Gasteiger partial charge in [-0.05, 0) is 25.0 Å². The molecule has 1 saturated carbocycles. The van der Waals surface area contributed by atoms with Gasteiger partial charge in [-0.1, -0.05) is 12.8 Å². The van der Waals surface area contributed by atoms with Crippen LogP contribution in [-0.2, 0) is 0 Å². The maximum Gasteiger partial charge on any atom is 0.137 e. The molecule has 1 aliphatic carbocycles. The quantitative estimate of drug-likeness (QED) is 0.795. The lowest BCUT2D eigenvalue weighted by Crippen LogP contribution is -2.32. The number of rotatable bonds is 3. The summed E-state index contributed by atoms with van der Waals surface area (Å²) in [6.07, 6.45) is 7.29. The van der Waals surface area contributed by atoms with Crippen LogP contribution in [0.4, 0.5) is 0 Å². The Morgan fingerprint density at radius 2 is 2.21 bits per heavy atom. The van der Waals surface area contributed by atoms with Crippen LogP contribution in [0.5, 0.6) is 5.75 Å². The van der Waals surface area contributed by atoms with E-state index >= 15 is 0 Å². The average molecular weight is 193 g/mol. The molecule has 0 saturated heterocycles. The summed E-state index contributed by atoms with van der Waals surface area (Å²) in [5.74, 6) is 0.729. The van der Waals surface area contributed by atoms with E-state index in [0.717, 1.165) is 31.4 Å². The summed E-state index contributed by atoms with van der Waals surface area (Å²) in [5, 5.41) is 10.0.